The standard InChI is InChI=1S/C27H32ClN5O4/c1-4-33-24-14-23(19-16-30-32(17-19)6-5-31-7-9-37-10-8-31)29-15-18(24)11-22(27(33)34)21-12-20(35-2)13-25(36-3)26(21)28/h11-17,27,34H,4-10H2,1-3H3. The molecule has 1 N–H and O–H groups in total. The maximum atomic E-state index is 11.4. The molecule has 3 aromatic rings. The van der Waals surface area contributed by atoms with Crippen LogP contribution in [-0.2, 0) is 11.3 Å². The first-order valence-electron chi connectivity index (χ1n) is 12.4. The number of aliphatic hydroxyl groups excluding tert-OH is 1. The van der Waals surface area contributed by atoms with Gasteiger partial charge in [-0.05, 0) is 25.1 Å². The molecule has 0 bridgehead atoms. The lowest BCUT2D eigenvalue weighted by Crippen LogP contribution is -2.38. The van der Waals surface area contributed by atoms with Gasteiger partial charge in [-0.1, -0.05) is 11.6 Å². The fourth-order valence-corrected chi connectivity index (χ4v) is 5.11. The highest BCUT2D eigenvalue weighted by atomic mass is 35.5. The molecule has 2 aliphatic rings. The Hall–Kier alpha value is -3.11. The molecular formula is C27H32ClN5O4. The van der Waals surface area contributed by atoms with Crippen LogP contribution in [0.15, 0.2) is 36.8 Å². The van der Waals surface area contributed by atoms with E-state index in [0.29, 0.717) is 34.2 Å². The molecule has 37 heavy (non-hydrogen) atoms. The van der Waals surface area contributed by atoms with Crippen molar-refractivity contribution in [3.8, 4) is 22.8 Å². The molecule has 10 heteroatoms. The first kappa shape index (κ1) is 25.5. The molecule has 1 atom stereocenters. The molecule has 0 saturated carbocycles. The fraction of sp³-hybridized carbons (Fsp3) is 0.407. The first-order chi connectivity index (χ1) is 18.0. The number of hydrogen-bond acceptors (Lipinski definition) is 8. The lowest BCUT2D eigenvalue weighted by Gasteiger charge is -2.36. The molecule has 1 saturated heterocycles. The molecule has 0 aliphatic carbocycles. The highest BCUT2D eigenvalue weighted by Gasteiger charge is 2.30. The molecule has 1 unspecified atom stereocenters. The monoisotopic (exact) mass is 525 g/mol. The average Bonchev–Trinajstić information content (AvgIpc) is 3.41. The Labute approximate surface area is 221 Å². The number of aromatic nitrogens is 3. The number of ether oxygens (including phenoxy) is 3. The predicted octanol–water partition coefficient (Wildman–Crippen LogP) is 3.65. The second kappa shape index (κ2) is 11.1. The van der Waals surface area contributed by atoms with Crippen LogP contribution in [0.4, 0.5) is 5.69 Å². The lowest BCUT2D eigenvalue weighted by molar-refractivity contribution is 0.0360. The third-order valence-electron chi connectivity index (χ3n) is 6.90. The minimum atomic E-state index is -0.904. The molecule has 2 aromatic heterocycles. The molecular weight excluding hydrogens is 494 g/mol. The number of fused-ring (bicyclic) bond motifs is 1. The number of halogens is 1. The second-order valence-corrected chi connectivity index (χ2v) is 9.40. The van der Waals surface area contributed by atoms with Crippen LogP contribution in [0.5, 0.6) is 11.5 Å². The lowest BCUT2D eigenvalue weighted by atomic mass is 9.95. The number of aliphatic hydroxyl groups is 1. The van der Waals surface area contributed by atoms with Crippen LogP contribution >= 0.6 is 11.6 Å². The smallest absolute Gasteiger partial charge is 0.153 e. The van der Waals surface area contributed by atoms with Crippen molar-refractivity contribution in [1.82, 2.24) is 19.7 Å². The summed E-state index contributed by atoms with van der Waals surface area (Å²) in [4.78, 5) is 9.04. The van der Waals surface area contributed by atoms with Gasteiger partial charge in [-0.3, -0.25) is 14.6 Å². The molecule has 0 spiro atoms. The predicted molar refractivity (Wildman–Crippen MR) is 144 cm³/mol. The van der Waals surface area contributed by atoms with Gasteiger partial charge in [0.25, 0.3) is 0 Å². The molecule has 9 nitrogen and oxygen atoms in total. The van der Waals surface area contributed by atoms with E-state index in [1.165, 1.54) is 0 Å². The van der Waals surface area contributed by atoms with Crippen LogP contribution in [0.2, 0.25) is 5.02 Å². The highest BCUT2D eigenvalue weighted by Crippen LogP contribution is 2.43. The van der Waals surface area contributed by atoms with Gasteiger partial charge in [0, 0.05) is 72.6 Å². The molecule has 196 valence electrons. The summed E-state index contributed by atoms with van der Waals surface area (Å²) in [6, 6.07) is 5.54. The summed E-state index contributed by atoms with van der Waals surface area (Å²) < 4.78 is 18.2. The van der Waals surface area contributed by atoms with E-state index in [0.717, 1.165) is 61.9 Å². The van der Waals surface area contributed by atoms with Gasteiger partial charge < -0.3 is 24.2 Å². The topological polar surface area (TPSA) is 85.1 Å². The van der Waals surface area contributed by atoms with Crippen molar-refractivity contribution in [2.24, 2.45) is 0 Å². The summed E-state index contributed by atoms with van der Waals surface area (Å²) >= 11 is 6.65. The van der Waals surface area contributed by atoms with E-state index in [1.54, 1.807) is 20.3 Å². The fourth-order valence-electron chi connectivity index (χ4n) is 4.81. The van der Waals surface area contributed by atoms with E-state index < -0.39 is 6.23 Å². The van der Waals surface area contributed by atoms with Crippen LogP contribution in [0, 0.1) is 0 Å². The zero-order valence-electron chi connectivity index (χ0n) is 21.4. The van der Waals surface area contributed by atoms with Gasteiger partial charge in [-0.15, -0.1) is 0 Å². The molecule has 1 fully saturated rings. The zero-order chi connectivity index (χ0) is 25.9. The van der Waals surface area contributed by atoms with Crippen molar-refractivity contribution in [3.05, 3.63) is 52.9 Å². The van der Waals surface area contributed by atoms with Crippen molar-refractivity contribution in [3.63, 3.8) is 0 Å². The van der Waals surface area contributed by atoms with Crippen LogP contribution in [-0.4, -0.2) is 84.6 Å². The third-order valence-corrected chi connectivity index (χ3v) is 7.29. The summed E-state index contributed by atoms with van der Waals surface area (Å²) in [5, 5.41) is 16.4. The Morgan fingerprint density at radius 3 is 2.65 bits per heavy atom. The van der Waals surface area contributed by atoms with Gasteiger partial charge in [0.2, 0.25) is 0 Å². The van der Waals surface area contributed by atoms with E-state index in [1.807, 2.05) is 53.3 Å². The Morgan fingerprint density at radius 2 is 1.92 bits per heavy atom. The summed E-state index contributed by atoms with van der Waals surface area (Å²) in [6.45, 7) is 7.83. The number of hydrogen-bond donors (Lipinski definition) is 1. The molecule has 4 heterocycles. The summed E-state index contributed by atoms with van der Waals surface area (Å²) in [5.41, 5.74) is 4.84. The molecule has 2 aliphatic heterocycles. The van der Waals surface area contributed by atoms with Crippen LogP contribution < -0.4 is 14.4 Å². The molecule has 1 aromatic carbocycles. The summed E-state index contributed by atoms with van der Waals surface area (Å²) in [7, 11) is 3.14. The number of morpholine rings is 1. The van der Waals surface area contributed by atoms with Crippen LogP contribution in [0.25, 0.3) is 22.9 Å². The number of pyridine rings is 1. The quantitative estimate of drug-likeness (QED) is 0.477. The van der Waals surface area contributed by atoms with Gasteiger partial charge in [-0.2, -0.15) is 5.10 Å². The van der Waals surface area contributed by atoms with E-state index >= 15 is 0 Å². The van der Waals surface area contributed by atoms with E-state index in [-0.39, 0.29) is 0 Å². The van der Waals surface area contributed by atoms with Gasteiger partial charge in [0.05, 0.1) is 50.9 Å². The minimum absolute atomic E-state index is 0.419. The van der Waals surface area contributed by atoms with Gasteiger partial charge in [0.1, 0.15) is 11.5 Å². The maximum Gasteiger partial charge on any atom is 0.153 e. The Kier molecular flexibility index (Phi) is 7.66. The van der Waals surface area contributed by atoms with Crippen molar-refractivity contribution in [1.29, 1.82) is 0 Å². The normalized spacial score (nSPS) is 17.9. The SMILES string of the molecule is CCN1c2cc(-c3cnn(CCN4CCOCC4)c3)ncc2C=C(c2cc(OC)cc(OC)c2Cl)C1O. The molecule has 0 amide bonds. The van der Waals surface area contributed by atoms with Gasteiger partial charge in [0.15, 0.2) is 6.23 Å². The van der Waals surface area contributed by atoms with Gasteiger partial charge in [-0.25, -0.2) is 0 Å². The van der Waals surface area contributed by atoms with Crippen molar-refractivity contribution in [2.75, 3.05) is 58.5 Å². The van der Waals surface area contributed by atoms with E-state index in [2.05, 4.69) is 10.00 Å². The zero-order valence-corrected chi connectivity index (χ0v) is 22.1. The van der Waals surface area contributed by atoms with Gasteiger partial charge >= 0.3 is 0 Å². The van der Waals surface area contributed by atoms with E-state index in [9.17, 15) is 5.11 Å². The molecule has 0 radical (unpaired) electrons. The number of benzene rings is 1. The third kappa shape index (κ3) is 5.17. The average molecular weight is 526 g/mol. The largest absolute Gasteiger partial charge is 0.497 e. The van der Waals surface area contributed by atoms with E-state index in [4.69, 9.17) is 30.8 Å². The Balaban J connectivity index is 1.44. The Bertz CT molecular complexity index is 1290. The number of methoxy groups -OCH3 is 2. The maximum absolute atomic E-state index is 11.4. The second-order valence-electron chi connectivity index (χ2n) is 9.03. The van der Waals surface area contributed by atoms with Crippen LogP contribution in [0.3, 0.4) is 0 Å². The number of anilines is 1. The number of nitrogens with zero attached hydrogens (tertiary/aromatic N) is 5. The first-order valence-corrected chi connectivity index (χ1v) is 12.8. The minimum Gasteiger partial charge on any atom is -0.497 e. The van der Waals surface area contributed by atoms with Crippen molar-refractivity contribution in [2.45, 2.75) is 19.7 Å². The Morgan fingerprint density at radius 1 is 1.11 bits per heavy atom. The van der Waals surface area contributed by atoms with Crippen LogP contribution in [0.1, 0.15) is 18.1 Å². The number of rotatable bonds is 8. The summed E-state index contributed by atoms with van der Waals surface area (Å²) in [6.07, 6.45) is 6.71. The molecule has 5 rings (SSSR count). The highest BCUT2D eigenvalue weighted by molar-refractivity contribution is 6.34. The number of likely N-dealkylation sites (N-methyl/N-ethyl adjacent to an activating group) is 1. The summed E-state index contributed by atoms with van der Waals surface area (Å²) in [5.74, 6) is 1.08. The van der Waals surface area contributed by atoms with Crippen molar-refractivity contribution >= 4 is 28.9 Å². The van der Waals surface area contributed by atoms with Crippen molar-refractivity contribution < 1.29 is 19.3 Å².